The van der Waals surface area contributed by atoms with Crippen molar-refractivity contribution in [1.82, 2.24) is 30.3 Å². The smallest absolute Gasteiger partial charge is 0.191 e. The first-order valence-electron chi connectivity index (χ1n) is 9.87. The molecule has 0 radical (unpaired) electrons. The van der Waals surface area contributed by atoms with E-state index in [9.17, 15) is 0 Å². The largest absolute Gasteiger partial charge is 0.356 e. The van der Waals surface area contributed by atoms with E-state index in [2.05, 4.69) is 42.2 Å². The summed E-state index contributed by atoms with van der Waals surface area (Å²) in [4.78, 5) is 6.90. The van der Waals surface area contributed by atoms with Gasteiger partial charge in [0.1, 0.15) is 12.2 Å². The van der Waals surface area contributed by atoms with Crippen molar-refractivity contribution >= 4 is 29.9 Å². The van der Waals surface area contributed by atoms with Crippen LogP contribution in [-0.4, -0.2) is 65.4 Å². The molecule has 2 N–H and O–H groups in total. The number of aliphatic imine (C=N–C) groups is 1. The lowest BCUT2D eigenvalue weighted by molar-refractivity contribution is 0.224. The molecule has 0 unspecified atom stereocenters. The summed E-state index contributed by atoms with van der Waals surface area (Å²) in [5.41, 5.74) is 0. The summed E-state index contributed by atoms with van der Waals surface area (Å²) in [6.45, 7) is 8.63. The number of nitrogens with zero attached hydrogens (tertiary/aromatic N) is 5. The molecule has 2 heterocycles. The maximum absolute atomic E-state index is 4.29. The lowest BCUT2D eigenvalue weighted by atomic mass is 10.1. The highest BCUT2D eigenvalue weighted by Crippen LogP contribution is 2.09. The molecular formula is C18H36IN7. The molecule has 0 saturated carbocycles. The Kier molecular flexibility index (Phi) is 12.6. The van der Waals surface area contributed by atoms with E-state index in [0.29, 0.717) is 0 Å². The van der Waals surface area contributed by atoms with Crippen molar-refractivity contribution in [1.29, 1.82) is 0 Å². The first kappa shape index (κ1) is 23.1. The van der Waals surface area contributed by atoms with E-state index in [1.54, 1.807) is 6.33 Å². The second kappa shape index (κ2) is 14.2. The number of unbranched alkanes of at least 4 members (excludes halogenated alkanes) is 2. The monoisotopic (exact) mass is 477 g/mol. The van der Waals surface area contributed by atoms with Gasteiger partial charge in [-0.25, -0.2) is 0 Å². The Morgan fingerprint density at radius 1 is 1.08 bits per heavy atom. The number of hydrogen-bond acceptors (Lipinski definition) is 4. The third-order valence-electron chi connectivity index (χ3n) is 4.77. The Hall–Kier alpha value is -0.900. The summed E-state index contributed by atoms with van der Waals surface area (Å²) < 4.78 is 2.08. The second-order valence-electron chi connectivity index (χ2n) is 6.68. The van der Waals surface area contributed by atoms with Gasteiger partial charge in [-0.1, -0.05) is 19.8 Å². The van der Waals surface area contributed by atoms with Crippen LogP contribution in [0.1, 0.15) is 51.3 Å². The van der Waals surface area contributed by atoms with Crippen LogP contribution in [0.4, 0.5) is 0 Å². The molecule has 2 rings (SSSR count). The molecular weight excluding hydrogens is 441 g/mol. The molecule has 8 heteroatoms. The number of nitrogens with one attached hydrogen (secondary N) is 2. The Morgan fingerprint density at radius 3 is 2.58 bits per heavy atom. The van der Waals surface area contributed by atoms with Crippen molar-refractivity contribution in [3.05, 3.63) is 12.2 Å². The molecule has 1 saturated heterocycles. The van der Waals surface area contributed by atoms with Gasteiger partial charge >= 0.3 is 0 Å². The van der Waals surface area contributed by atoms with Crippen molar-refractivity contribution in [2.75, 3.05) is 39.8 Å². The standard InChI is InChI=1S/C18H35N7.HI/c1-3-17-23-22-16-25(17)15-11-21-18(19-2)20-10-6-4-7-12-24-13-8-5-9-14-24;/h16H,3-15H2,1-2H3,(H2,19,20,21);1H. The van der Waals surface area contributed by atoms with Crippen LogP contribution in [0.15, 0.2) is 11.3 Å². The van der Waals surface area contributed by atoms with Gasteiger partial charge in [0.2, 0.25) is 0 Å². The van der Waals surface area contributed by atoms with E-state index in [4.69, 9.17) is 0 Å². The number of hydrogen-bond donors (Lipinski definition) is 2. The zero-order valence-electron chi connectivity index (χ0n) is 16.4. The van der Waals surface area contributed by atoms with E-state index in [1.807, 2.05) is 7.05 Å². The molecule has 0 aliphatic carbocycles. The van der Waals surface area contributed by atoms with Crippen molar-refractivity contribution in [3.8, 4) is 0 Å². The fourth-order valence-corrected chi connectivity index (χ4v) is 3.28. The van der Waals surface area contributed by atoms with Gasteiger partial charge in [0.25, 0.3) is 0 Å². The molecule has 1 aromatic heterocycles. The molecule has 26 heavy (non-hydrogen) atoms. The van der Waals surface area contributed by atoms with Crippen LogP contribution < -0.4 is 10.6 Å². The van der Waals surface area contributed by atoms with Gasteiger partial charge in [-0.2, -0.15) is 0 Å². The Balaban J connectivity index is 0.00000338. The molecule has 1 aliphatic heterocycles. The zero-order valence-corrected chi connectivity index (χ0v) is 18.7. The number of halogens is 1. The Bertz CT molecular complexity index is 497. The number of rotatable bonds is 10. The number of guanidine groups is 1. The van der Waals surface area contributed by atoms with E-state index in [-0.39, 0.29) is 24.0 Å². The first-order chi connectivity index (χ1) is 12.3. The molecule has 0 atom stereocenters. The fraction of sp³-hybridized carbons (Fsp3) is 0.833. The summed E-state index contributed by atoms with van der Waals surface area (Å²) in [6, 6.07) is 0. The van der Waals surface area contributed by atoms with Crippen molar-refractivity contribution in [3.63, 3.8) is 0 Å². The van der Waals surface area contributed by atoms with Crippen LogP contribution in [0.5, 0.6) is 0 Å². The highest BCUT2D eigenvalue weighted by atomic mass is 127. The lowest BCUT2D eigenvalue weighted by Gasteiger charge is -2.26. The average molecular weight is 477 g/mol. The lowest BCUT2D eigenvalue weighted by Crippen LogP contribution is -2.39. The van der Waals surface area contributed by atoms with Crippen LogP contribution in [-0.2, 0) is 13.0 Å². The molecule has 1 aromatic rings. The molecule has 0 bridgehead atoms. The summed E-state index contributed by atoms with van der Waals surface area (Å²) in [5.74, 6) is 1.90. The van der Waals surface area contributed by atoms with Gasteiger partial charge in [0.15, 0.2) is 5.96 Å². The molecule has 150 valence electrons. The quantitative estimate of drug-likeness (QED) is 0.234. The average Bonchev–Trinajstić information content (AvgIpc) is 3.11. The zero-order chi connectivity index (χ0) is 17.7. The summed E-state index contributed by atoms with van der Waals surface area (Å²) >= 11 is 0. The summed E-state index contributed by atoms with van der Waals surface area (Å²) in [7, 11) is 1.82. The third-order valence-corrected chi connectivity index (χ3v) is 4.77. The maximum Gasteiger partial charge on any atom is 0.191 e. The second-order valence-corrected chi connectivity index (χ2v) is 6.68. The third kappa shape index (κ3) is 8.66. The molecule has 0 spiro atoms. The predicted octanol–water partition coefficient (Wildman–Crippen LogP) is 2.28. The maximum atomic E-state index is 4.29. The molecule has 1 aliphatic rings. The van der Waals surface area contributed by atoms with Gasteiger partial charge < -0.3 is 20.1 Å². The number of aryl methyl sites for hydroxylation is 1. The first-order valence-corrected chi connectivity index (χ1v) is 9.87. The highest BCUT2D eigenvalue weighted by molar-refractivity contribution is 14.0. The van der Waals surface area contributed by atoms with Crippen molar-refractivity contribution in [2.45, 2.75) is 58.4 Å². The SMILES string of the molecule is CCc1nncn1CCNC(=NC)NCCCCCN1CCCCC1.I. The van der Waals surface area contributed by atoms with Gasteiger partial charge in [-0.3, -0.25) is 4.99 Å². The minimum Gasteiger partial charge on any atom is -0.356 e. The van der Waals surface area contributed by atoms with Gasteiger partial charge in [0, 0.05) is 33.1 Å². The molecule has 0 amide bonds. The van der Waals surface area contributed by atoms with Crippen molar-refractivity contribution in [2.24, 2.45) is 4.99 Å². The van der Waals surface area contributed by atoms with Crippen LogP contribution in [0, 0.1) is 0 Å². The minimum absolute atomic E-state index is 0. The van der Waals surface area contributed by atoms with Crippen LogP contribution >= 0.6 is 24.0 Å². The molecule has 1 fully saturated rings. The Labute approximate surface area is 175 Å². The normalized spacial score (nSPS) is 15.5. The fourth-order valence-electron chi connectivity index (χ4n) is 3.28. The van der Waals surface area contributed by atoms with E-state index >= 15 is 0 Å². The number of likely N-dealkylation sites (tertiary alicyclic amines) is 1. The van der Waals surface area contributed by atoms with Crippen LogP contribution in [0.25, 0.3) is 0 Å². The van der Waals surface area contributed by atoms with Crippen molar-refractivity contribution < 1.29 is 0 Å². The molecule has 7 nitrogen and oxygen atoms in total. The van der Waals surface area contributed by atoms with Gasteiger partial charge in [0.05, 0.1) is 0 Å². The Morgan fingerprint density at radius 2 is 1.85 bits per heavy atom. The molecule has 0 aromatic carbocycles. The van der Waals surface area contributed by atoms with Crippen LogP contribution in [0.2, 0.25) is 0 Å². The van der Waals surface area contributed by atoms with E-state index < -0.39 is 0 Å². The van der Waals surface area contributed by atoms with Gasteiger partial charge in [-0.15, -0.1) is 34.2 Å². The van der Waals surface area contributed by atoms with E-state index in [1.165, 1.54) is 58.2 Å². The predicted molar refractivity (Wildman–Crippen MR) is 118 cm³/mol. The summed E-state index contributed by atoms with van der Waals surface area (Å²) in [5, 5.41) is 14.8. The number of aromatic nitrogens is 3. The number of piperidine rings is 1. The summed E-state index contributed by atoms with van der Waals surface area (Å²) in [6.07, 6.45) is 10.7. The minimum atomic E-state index is 0. The highest BCUT2D eigenvalue weighted by Gasteiger charge is 2.08. The van der Waals surface area contributed by atoms with Crippen LogP contribution in [0.3, 0.4) is 0 Å². The van der Waals surface area contributed by atoms with E-state index in [0.717, 1.165) is 37.8 Å². The topological polar surface area (TPSA) is 70.4 Å². The van der Waals surface area contributed by atoms with Gasteiger partial charge in [-0.05, 0) is 45.3 Å².